The van der Waals surface area contributed by atoms with Crippen LogP contribution in [0, 0.1) is 5.92 Å². The number of amides is 2. The molecule has 2 heterocycles. The number of aliphatic carboxylic acids is 1. The molecule has 0 aromatic carbocycles. The zero-order valence-corrected chi connectivity index (χ0v) is 11.8. The third-order valence-electron chi connectivity index (χ3n) is 3.50. The first kappa shape index (κ1) is 15.0. The number of sulfone groups is 1. The maximum absolute atomic E-state index is 11.9. The Hall–Kier alpha value is -1.35. The Morgan fingerprint density at radius 2 is 2.15 bits per heavy atom. The molecule has 2 unspecified atom stereocenters. The van der Waals surface area contributed by atoms with Gasteiger partial charge in [-0.2, -0.15) is 0 Å². The van der Waals surface area contributed by atoms with Crippen molar-refractivity contribution in [3.8, 4) is 0 Å². The third kappa shape index (κ3) is 3.83. The van der Waals surface area contributed by atoms with Crippen molar-refractivity contribution in [2.75, 3.05) is 37.7 Å². The maximum Gasteiger partial charge on any atom is 0.334 e. The van der Waals surface area contributed by atoms with Gasteiger partial charge in [-0.05, 0) is 12.3 Å². The molecule has 0 aromatic heterocycles. The van der Waals surface area contributed by atoms with E-state index in [9.17, 15) is 18.0 Å². The number of urea groups is 1. The van der Waals surface area contributed by atoms with Crippen LogP contribution in [0.4, 0.5) is 4.79 Å². The van der Waals surface area contributed by atoms with Crippen LogP contribution in [0.2, 0.25) is 0 Å². The zero-order chi connectivity index (χ0) is 14.8. The van der Waals surface area contributed by atoms with E-state index in [1.807, 2.05) is 0 Å². The van der Waals surface area contributed by atoms with Gasteiger partial charge in [-0.3, -0.25) is 0 Å². The van der Waals surface area contributed by atoms with Crippen molar-refractivity contribution in [2.45, 2.75) is 12.5 Å². The third-order valence-corrected chi connectivity index (χ3v) is 5.33. The van der Waals surface area contributed by atoms with Gasteiger partial charge in [0.15, 0.2) is 15.9 Å². The molecule has 2 N–H and O–H groups in total. The number of carbonyl (C=O) groups is 2. The monoisotopic (exact) mass is 306 g/mol. The summed E-state index contributed by atoms with van der Waals surface area (Å²) in [6.07, 6.45) is -0.440. The summed E-state index contributed by atoms with van der Waals surface area (Å²) in [7, 11) is -2.95. The van der Waals surface area contributed by atoms with Gasteiger partial charge in [0, 0.05) is 13.1 Å². The summed E-state index contributed by atoms with van der Waals surface area (Å²) in [5, 5.41) is 11.5. The van der Waals surface area contributed by atoms with Gasteiger partial charge >= 0.3 is 12.0 Å². The van der Waals surface area contributed by atoms with Gasteiger partial charge in [-0.15, -0.1) is 0 Å². The summed E-state index contributed by atoms with van der Waals surface area (Å²) in [5.74, 6) is -0.870. The van der Waals surface area contributed by atoms with Gasteiger partial charge in [0.25, 0.3) is 0 Å². The summed E-state index contributed by atoms with van der Waals surface area (Å²) in [4.78, 5) is 24.1. The molecule has 2 aliphatic heterocycles. The lowest BCUT2D eigenvalue weighted by atomic mass is 10.1. The Morgan fingerprint density at radius 3 is 2.75 bits per heavy atom. The normalized spacial score (nSPS) is 29.1. The lowest BCUT2D eigenvalue weighted by Gasteiger charge is -2.31. The van der Waals surface area contributed by atoms with Gasteiger partial charge in [-0.25, -0.2) is 18.0 Å². The summed E-state index contributed by atoms with van der Waals surface area (Å²) in [6.45, 7) is 0.818. The van der Waals surface area contributed by atoms with Crippen LogP contribution in [0.5, 0.6) is 0 Å². The lowest BCUT2D eigenvalue weighted by Crippen LogP contribution is -2.52. The molecular formula is C11H18N2O6S. The van der Waals surface area contributed by atoms with Crippen LogP contribution >= 0.6 is 0 Å². The molecule has 0 aliphatic carbocycles. The van der Waals surface area contributed by atoms with E-state index in [-0.39, 0.29) is 36.6 Å². The highest BCUT2D eigenvalue weighted by atomic mass is 32.2. The number of ether oxygens (including phenoxy) is 1. The molecule has 2 saturated heterocycles. The highest BCUT2D eigenvalue weighted by Gasteiger charge is 2.31. The SMILES string of the molecule is O=C(O)C1CN(C(=O)NCC2CCS(=O)(=O)C2)CCO1. The molecule has 2 rings (SSSR count). The Labute approximate surface area is 117 Å². The van der Waals surface area contributed by atoms with Crippen molar-refractivity contribution < 1.29 is 27.9 Å². The quantitative estimate of drug-likeness (QED) is 0.685. The number of morpholine rings is 1. The van der Waals surface area contributed by atoms with Crippen LogP contribution in [-0.2, 0) is 19.4 Å². The van der Waals surface area contributed by atoms with Crippen LogP contribution < -0.4 is 5.32 Å². The number of carboxylic acid groups (broad SMARTS) is 1. The number of nitrogens with zero attached hydrogens (tertiary/aromatic N) is 1. The fourth-order valence-corrected chi connectivity index (χ4v) is 4.22. The molecule has 0 radical (unpaired) electrons. The first-order chi connectivity index (χ1) is 9.37. The smallest absolute Gasteiger partial charge is 0.334 e. The Kier molecular flexibility index (Phi) is 4.48. The van der Waals surface area contributed by atoms with E-state index < -0.39 is 21.9 Å². The lowest BCUT2D eigenvalue weighted by molar-refractivity contribution is -0.154. The molecule has 20 heavy (non-hydrogen) atoms. The number of hydrogen-bond donors (Lipinski definition) is 2. The minimum absolute atomic E-state index is 0.00410. The van der Waals surface area contributed by atoms with E-state index in [4.69, 9.17) is 9.84 Å². The summed E-state index contributed by atoms with van der Waals surface area (Å²) in [5.41, 5.74) is 0. The number of carboxylic acids is 1. The van der Waals surface area contributed by atoms with Crippen molar-refractivity contribution >= 4 is 21.8 Å². The van der Waals surface area contributed by atoms with E-state index in [2.05, 4.69) is 5.32 Å². The minimum Gasteiger partial charge on any atom is -0.479 e. The minimum atomic E-state index is -2.95. The van der Waals surface area contributed by atoms with Crippen LogP contribution in [0.1, 0.15) is 6.42 Å². The first-order valence-corrected chi connectivity index (χ1v) is 8.27. The number of hydrogen-bond acceptors (Lipinski definition) is 5. The molecule has 2 amide bonds. The van der Waals surface area contributed by atoms with E-state index >= 15 is 0 Å². The van der Waals surface area contributed by atoms with Crippen molar-refractivity contribution in [3.05, 3.63) is 0 Å². The zero-order valence-electron chi connectivity index (χ0n) is 10.9. The average molecular weight is 306 g/mol. The fourth-order valence-electron chi connectivity index (χ4n) is 2.36. The second kappa shape index (κ2) is 5.96. The molecule has 0 saturated carbocycles. The van der Waals surface area contributed by atoms with Crippen molar-refractivity contribution in [1.29, 1.82) is 0 Å². The van der Waals surface area contributed by atoms with E-state index in [1.54, 1.807) is 0 Å². The second-order valence-electron chi connectivity index (χ2n) is 5.10. The van der Waals surface area contributed by atoms with E-state index in [0.29, 0.717) is 19.5 Å². The summed E-state index contributed by atoms with van der Waals surface area (Å²) < 4.78 is 27.6. The van der Waals surface area contributed by atoms with Gasteiger partial charge in [0.2, 0.25) is 0 Å². The Morgan fingerprint density at radius 1 is 1.40 bits per heavy atom. The van der Waals surface area contributed by atoms with Crippen molar-refractivity contribution in [1.82, 2.24) is 10.2 Å². The van der Waals surface area contributed by atoms with Gasteiger partial charge < -0.3 is 20.1 Å². The standard InChI is InChI=1S/C11H18N2O6S/c14-10(15)9-6-13(2-3-19-9)11(16)12-5-8-1-4-20(17,18)7-8/h8-9H,1-7H2,(H,12,16)(H,14,15). The molecule has 9 heteroatoms. The number of nitrogens with one attached hydrogen (secondary N) is 1. The molecule has 0 aromatic rings. The summed E-state index contributed by atoms with van der Waals surface area (Å²) in [6, 6.07) is -0.371. The average Bonchev–Trinajstić information content (AvgIpc) is 2.75. The van der Waals surface area contributed by atoms with Crippen molar-refractivity contribution in [2.24, 2.45) is 5.92 Å². The molecule has 114 valence electrons. The van der Waals surface area contributed by atoms with Crippen LogP contribution in [0.3, 0.4) is 0 Å². The predicted molar refractivity (Wildman–Crippen MR) is 69.1 cm³/mol. The fraction of sp³-hybridized carbons (Fsp3) is 0.818. The highest BCUT2D eigenvalue weighted by Crippen LogP contribution is 2.17. The number of carbonyl (C=O) groups excluding carboxylic acids is 1. The molecule has 8 nitrogen and oxygen atoms in total. The van der Waals surface area contributed by atoms with Crippen LogP contribution in [-0.4, -0.2) is 74.3 Å². The summed E-state index contributed by atoms with van der Waals surface area (Å²) >= 11 is 0. The van der Waals surface area contributed by atoms with Crippen LogP contribution in [0.25, 0.3) is 0 Å². The number of rotatable bonds is 3. The van der Waals surface area contributed by atoms with E-state index in [1.165, 1.54) is 4.90 Å². The second-order valence-corrected chi connectivity index (χ2v) is 7.33. The van der Waals surface area contributed by atoms with Crippen molar-refractivity contribution in [3.63, 3.8) is 0 Å². The maximum atomic E-state index is 11.9. The van der Waals surface area contributed by atoms with Crippen LogP contribution in [0.15, 0.2) is 0 Å². The van der Waals surface area contributed by atoms with Gasteiger partial charge in [0.1, 0.15) is 0 Å². The van der Waals surface area contributed by atoms with Gasteiger partial charge in [-0.1, -0.05) is 0 Å². The molecule has 0 bridgehead atoms. The van der Waals surface area contributed by atoms with E-state index in [0.717, 1.165) is 0 Å². The highest BCUT2D eigenvalue weighted by molar-refractivity contribution is 7.91. The Bertz CT molecular complexity index is 491. The molecule has 0 spiro atoms. The molecule has 2 atom stereocenters. The van der Waals surface area contributed by atoms with Gasteiger partial charge in [0.05, 0.1) is 24.7 Å². The Balaban J connectivity index is 1.79. The largest absolute Gasteiger partial charge is 0.479 e. The molecular weight excluding hydrogens is 288 g/mol. The molecule has 2 fully saturated rings. The first-order valence-electron chi connectivity index (χ1n) is 6.45. The molecule has 2 aliphatic rings. The predicted octanol–water partition coefficient (Wildman–Crippen LogP) is -1.08. The topological polar surface area (TPSA) is 113 Å².